The molecule has 130 valence electrons. The van der Waals surface area contributed by atoms with Gasteiger partial charge in [0.15, 0.2) is 0 Å². The number of rotatable bonds is 6. The highest BCUT2D eigenvalue weighted by molar-refractivity contribution is 5.68. The Balaban J connectivity index is 1.98. The molecule has 1 aromatic heterocycles. The first kappa shape index (κ1) is 17.4. The van der Waals surface area contributed by atoms with Crippen LogP contribution in [-0.4, -0.2) is 16.5 Å². The summed E-state index contributed by atoms with van der Waals surface area (Å²) >= 11 is 0. The summed E-state index contributed by atoms with van der Waals surface area (Å²) < 4.78 is 0. The largest absolute Gasteiger partial charge is 0.370 e. The van der Waals surface area contributed by atoms with Crippen molar-refractivity contribution in [3.05, 3.63) is 66.2 Å². The Labute approximate surface area is 153 Å². The molecule has 0 fully saturated rings. The highest BCUT2D eigenvalue weighted by Gasteiger charge is 2.09. The van der Waals surface area contributed by atoms with Gasteiger partial charge in [0.05, 0.1) is 16.9 Å². The molecule has 0 unspecified atom stereocenters. The van der Waals surface area contributed by atoms with Crippen LogP contribution in [0.5, 0.6) is 0 Å². The maximum absolute atomic E-state index is 9.29. The Bertz CT molecular complexity index is 913. The van der Waals surface area contributed by atoms with E-state index in [4.69, 9.17) is 0 Å². The Hall–Kier alpha value is -3.39. The molecule has 0 amide bonds. The highest BCUT2D eigenvalue weighted by Crippen LogP contribution is 2.24. The second-order valence-corrected chi connectivity index (χ2v) is 6.39. The van der Waals surface area contributed by atoms with E-state index >= 15 is 0 Å². The van der Waals surface area contributed by atoms with Crippen molar-refractivity contribution in [1.82, 2.24) is 9.97 Å². The zero-order valence-corrected chi connectivity index (χ0v) is 14.9. The third kappa shape index (κ3) is 4.37. The first-order chi connectivity index (χ1) is 12.7. The van der Waals surface area contributed by atoms with E-state index in [1.54, 1.807) is 6.07 Å². The number of para-hydroxylation sites is 1. The SMILES string of the molecule is CC(C)CNc1cc(-c2ccccc2)nc(Nc2ccccc2C#N)n1. The number of benzene rings is 2. The molecule has 0 saturated heterocycles. The molecule has 0 saturated carbocycles. The van der Waals surface area contributed by atoms with Crippen molar-refractivity contribution >= 4 is 17.5 Å². The van der Waals surface area contributed by atoms with Gasteiger partial charge in [0, 0.05) is 18.2 Å². The normalized spacial score (nSPS) is 10.4. The van der Waals surface area contributed by atoms with E-state index < -0.39 is 0 Å². The van der Waals surface area contributed by atoms with Gasteiger partial charge in [-0.3, -0.25) is 0 Å². The van der Waals surface area contributed by atoms with Gasteiger partial charge in [-0.2, -0.15) is 10.2 Å². The number of nitriles is 1. The third-order valence-electron chi connectivity index (χ3n) is 3.78. The smallest absolute Gasteiger partial charge is 0.229 e. The van der Waals surface area contributed by atoms with E-state index in [2.05, 4.69) is 40.5 Å². The minimum atomic E-state index is 0.459. The fourth-order valence-corrected chi connectivity index (χ4v) is 2.47. The van der Waals surface area contributed by atoms with Crippen LogP contribution in [0, 0.1) is 17.2 Å². The van der Waals surface area contributed by atoms with E-state index in [0.29, 0.717) is 23.1 Å². The van der Waals surface area contributed by atoms with Crippen LogP contribution < -0.4 is 10.6 Å². The molecule has 0 aliphatic carbocycles. The van der Waals surface area contributed by atoms with Crippen molar-refractivity contribution in [3.63, 3.8) is 0 Å². The summed E-state index contributed by atoms with van der Waals surface area (Å²) in [7, 11) is 0. The van der Waals surface area contributed by atoms with Crippen molar-refractivity contribution in [3.8, 4) is 17.3 Å². The van der Waals surface area contributed by atoms with Gasteiger partial charge < -0.3 is 10.6 Å². The molecule has 3 rings (SSSR count). The summed E-state index contributed by atoms with van der Waals surface area (Å²) in [5.74, 6) is 1.71. The Morgan fingerprint density at radius 1 is 1.00 bits per heavy atom. The van der Waals surface area contributed by atoms with E-state index in [0.717, 1.165) is 23.6 Å². The molecule has 1 heterocycles. The number of aromatic nitrogens is 2. The van der Waals surface area contributed by atoms with E-state index in [-0.39, 0.29) is 0 Å². The third-order valence-corrected chi connectivity index (χ3v) is 3.78. The van der Waals surface area contributed by atoms with Crippen LogP contribution in [0.25, 0.3) is 11.3 Å². The summed E-state index contributed by atoms with van der Waals surface area (Å²) in [6.45, 7) is 5.11. The maximum atomic E-state index is 9.29. The van der Waals surface area contributed by atoms with Crippen molar-refractivity contribution in [2.75, 3.05) is 17.2 Å². The molecule has 26 heavy (non-hydrogen) atoms. The fourth-order valence-electron chi connectivity index (χ4n) is 2.47. The van der Waals surface area contributed by atoms with Crippen molar-refractivity contribution in [2.45, 2.75) is 13.8 Å². The molecule has 2 aromatic carbocycles. The number of nitrogens with zero attached hydrogens (tertiary/aromatic N) is 3. The van der Waals surface area contributed by atoms with Crippen molar-refractivity contribution in [1.29, 1.82) is 5.26 Å². The topological polar surface area (TPSA) is 73.6 Å². The second kappa shape index (κ2) is 8.13. The second-order valence-electron chi connectivity index (χ2n) is 6.39. The zero-order valence-electron chi connectivity index (χ0n) is 14.9. The lowest BCUT2D eigenvalue weighted by Gasteiger charge is -2.13. The Morgan fingerprint density at radius 3 is 2.46 bits per heavy atom. The van der Waals surface area contributed by atoms with Gasteiger partial charge in [-0.1, -0.05) is 56.3 Å². The maximum Gasteiger partial charge on any atom is 0.229 e. The molecule has 0 aliphatic rings. The lowest BCUT2D eigenvalue weighted by molar-refractivity contribution is 0.687. The van der Waals surface area contributed by atoms with Crippen LogP contribution in [0.4, 0.5) is 17.5 Å². The Morgan fingerprint density at radius 2 is 1.73 bits per heavy atom. The molecule has 0 spiro atoms. The molecule has 0 aliphatic heterocycles. The number of hydrogen-bond acceptors (Lipinski definition) is 5. The predicted molar refractivity (Wildman–Crippen MR) is 105 cm³/mol. The van der Waals surface area contributed by atoms with Crippen LogP contribution in [0.3, 0.4) is 0 Å². The van der Waals surface area contributed by atoms with Gasteiger partial charge >= 0.3 is 0 Å². The van der Waals surface area contributed by atoms with E-state index in [1.807, 2.05) is 54.6 Å². The Kier molecular flexibility index (Phi) is 5.45. The van der Waals surface area contributed by atoms with Gasteiger partial charge in [-0.25, -0.2) is 4.98 Å². The number of anilines is 3. The minimum Gasteiger partial charge on any atom is -0.370 e. The summed E-state index contributed by atoms with van der Waals surface area (Å²) in [6, 6.07) is 21.4. The van der Waals surface area contributed by atoms with Crippen molar-refractivity contribution in [2.24, 2.45) is 5.92 Å². The van der Waals surface area contributed by atoms with Gasteiger partial charge in [0.25, 0.3) is 0 Å². The van der Waals surface area contributed by atoms with E-state index in [1.165, 1.54) is 0 Å². The van der Waals surface area contributed by atoms with Gasteiger partial charge in [-0.05, 0) is 18.1 Å². The van der Waals surface area contributed by atoms with Crippen LogP contribution in [0.1, 0.15) is 19.4 Å². The molecule has 5 nitrogen and oxygen atoms in total. The lowest BCUT2D eigenvalue weighted by atomic mass is 10.1. The van der Waals surface area contributed by atoms with Gasteiger partial charge in [0.1, 0.15) is 11.9 Å². The van der Waals surface area contributed by atoms with Crippen LogP contribution in [0.2, 0.25) is 0 Å². The van der Waals surface area contributed by atoms with Gasteiger partial charge in [0.2, 0.25) is 5.95 Å². The molecule has 0 atom stereocenters. The van der Waals surface area contributed by atoms with Gasteiger partial charge in [-0.15, -0.1) is 0 Å². The number of hydrogen-bond donors (Lipinski definition) is 2. The van der Waals surface area contributed by atoms with E-state index in [9.17, 15) is 5.26 Å². The first-order valence-electron chi connectivity index (χ1n) is 8.60. The summed E-state index contributed by atoms with van der Waals surface area (Å²) in [5, 5.41) is 15.8. The quantitative estimate of drug-likeness (QED) is 0.671. The highest BCUT2D eigenvalue weighted by atomic mass is 15.1. The predicted octanol–water partition coefficient (Wildman–Crippen LogP) is 4.83. The minimum absolute atomic E-state index is 0.459. The molecular formula is C21H21N5. The monoisotopic (exact) mass is 343 g/mol. The standard InChI is InChI=1S/C21H21N5/c1-15(2)14-23-20-12-19(16-8-4-3-5-9-16)25-21(26-20)24-18-11-7-6-10-17(18)13-22/h3-12,15H,14H2,1-2H3,(H2,23,24,25,26). The average molecular weight is 343 g/mol. The number of nitrogens with one attached hydrogen (secondary N) is 2. The molecule has 3 aromatic rings. The molecule has 0 bridgehead atoms. The van der Waals surface area contributed by atoms with Crippen molar-refractivity contribution < 1.29 is 0 Å². The molecule has 2 N–H and O–H groups in total. The summed E-state index contributed by atoms with van der Waals surface area (Å²) in [6.07, 6.45) is 0. The fraction of sp³-hybridized carbons (Fsp3) is 0.190. The molecular weight excluding hydrogens is 322 g/mol. The van der Waals surface area contributed by atoms with Crippen LogP contribution in [0.15, 0.2) is 60.7 Å². The first-order valence-corrected chi connectivity index (χ1v) is 8.60. The molecule has 0 radical (unpaired) electrons. The summed E-state index contributed by atoms with van der Waals surface area (Å²) in [5.41, 5.74) is 3.08. The summed E-state index contributed by atoms with van der Waals surface area (Å²) in [4.78, 5) is 9.19. The zero-order chi connectivity index (χ0) is 18.4. The lowest BCUT2D eigenvalue weighted by Crippen LogP contribution is -2.11. The molecule has 5 heteroatoms. The van der Waals surface area contributed by atoms with Crippen LogP contribution in [-0.2, 0) is 0 Å². The average Bonchev–Trinajstić information content (AvgIpc) is 2.67. The van der Waals surface area contributed by atoms with Crippen LogP contribution >= 0.6 is 0 Å².